The Balaban J connectivity index is 2.37. The molecule has 5 N–H and O–H groups in total. The van der Waals surface area contributed by atoms with E-state index in [1.54, 1.807) is 18.7 Å². The Bertz CT molecular complexity index is 495. The van der Waals surface area contributed by atoms with Crippen LogP contribution >= 0.6 is 11.8 Å². The van der Waals surface area contributed by atoms with Gasteiger partial charge in [-0.15, -0.1) is 0 Å². The summed E-state index contributed by atoms with van der Waals surface area (Å²) >= 11 is 1.71. The van der Waals surface area contributed by atoms with Crippen molar-refractivity contribution < 1.29 is 25.2 Å². The van der Waals surface area contributed by atoms with E-state index in [-0.39, 0.29) is 29.7 Å². The molecule has 0 unspecified atom stereocenters. The molecule has 156 valence electrons. The highest BCUT2D eigenvalue weighted by molar-refractivity contribution is 7.98. The number of hydrogen-bond acceptors (Lipinski definition) is 5. The average Bonchev–Trinajstić information content (AvgIpc) is 2.67. The van der Waals surface area contributed by atoms with Gasteiger partial charge in [-0.25, -0.2) is 0 Å². The van der Waals surface area contributed by atoms with Gasteiger partial charge in [0.1, 0.15) is 0 Å². The van der Waals surface area contributed by atoms with Gasteiger partial charge in [-0.2, -0.15) is 11.8 Å². The van der Waals surface area contributed by atoms with Crippen molar-refractivity contribution in [2.75, 3.05) is 18.6 Å². The van der Waals surface area contributed by atoms with Gasteiger partial charge in [0, 0.05) is 18.9 Å². The fourth-order valence-electron chi connectivity index (χ4n) is 3.35. The molecule has 0 aromatic rings. The first-order chi connectivity index (χ1) is 12.8. The van der Waals surface area contributed by atoms with E-state index in [0.29, 0.717) is 31.7 Å². The molecule has 0 aromatic heterocycles. The quantitative estimate of drug-likeness (QED) is 0.432. The minimum atomic E-state index is -1.22. The third-order valence-electron chi connectivity index (χ3n) is 5.59. The van der Waals surface area contributed by atoms with Crippen LogP contribution in [-0.2, 0) is 14.4 Å². The SMILES string of the molecule is CC[C@@H](C)[C@H](NC(=O)C1CCC(CNC(=O)[C@@H]([NH3+])CCSC)CC1)C(=O)[O-]. The van der Waals surface area contributed by atoms with Crippen molar-refractivity contribution in [3.8, 4) is 0 Å². The first-order valence-electron chi connectivity index (χ1n) is 9.91. The van der Waals surface area contributed by atoms with Crippen LogP contribution in [0.25, 0.3) is 0 Å². The molecule has 2 amide bonds. The number of hydrogen-bond donors (Lipinski definition) is 3. The molecule has 0 bridgehead atoms. The molecule has 8 heteroatoms. The number of aliphatic carboxylic acids is 1. The minimum Gasteiger partial charge on any atom is -0.548 e. The third kappa shape index (κ3) is 8.09. The fourth-order valence-corrected chi connectivity index (χ4v) is 3.87. The van der Waals surface area contributed by atoms with Crippen LogP contribution in [-0.4, -0.2) is 48.4 Å². The van der Waals surface area contributed by atoms with E-state index in [4.69, 9.17) is 0 Å². The molecule has 0 aliphatic heterocycles. The van der Waals surface area contributed by atoms with E-state index in [1.807, 2.05) is 13.2 Å². The molecule has 0 heterocycles. The zero-order valence-corrected chi connectivity index (χ0v) is 17.6. The maximum Gasteiger partial charge on any atom is 0.278 e. The molecule has 27 heavy (non-hydrogen) atoms. The zero-order valence-electron chi connectivity index (χ0n) is 16.8. The Morgan fingerprint density at radius 3 is 2.37 bits per heavy atom. The van der Waals surface area contributed by atoms with Crippen LogP contribution in [0.5, 0.6) is 0 Å². The number of carbonyl (C=O) groups excluding carboxylic acids is 3. The summed E-state index contributed by atoms with van der Waals surface area (Å²) in [7, 11) is 0. The van der Waals surface area contributed by atoms with Crippen molar-refractivity contribution >= 4 is 29.5 Å². The number of rotatable bonds is 11. The van der Waals surface area contributed by atoms with Gasteiger partial charge in [0.05, 0.1) is 12.0 Å². The smallest absolute Gasteiger partial charge is 0.278 e. The molecule has 1 aliphatic carbocycles. The molecule has 7 nitrogen and oxygen atoms in total. The van der Waals surface area contributed by atoms with Gasteiger partial charge in [0.15, 0.2) is 6.04 Å². The van der Waals surface area contributed by atoms with Crippen LogP contribution in [0, 0.1) is 17.8 Å². The Labute approximate surface area is 166 Å². The van der Waals surface area contributed by atoms with Gasteiger partial charge in [-0.1, -0.05) is 20.3 Å². The fraction of sp³-hybridized carbons (Fsp3) is 0.842. The third-order valence-corrected chi connectivity index (χ3v) is 6.23. The van der Waals surface area contributed by atoms with Crippen molar-refractivity contribution in [1.29, 1.82) is 0 Å². The normalized spacial score (nSPS) is 23.1. The van der Waals surface area contributed by atoms with Crippen LogP contribution in [0.15, 0.2) is 0 Å². The summed E-state index contributed by atoms with van der Waals surface area (Å²) in [5, 5.41) is 16.9. The predicted molar refractivity (Wildman–Crippen MR) is 105 cm³/mol. The summed E-state index contributed by atoms with van der Waals surface area (Å²) in [6.45, 7) is 4.31. The molecule has 1 rings (SSSR count). The number of nitrogens with one attached hydrogen (secondary N) is 2. The molecule has 0 radical (unpaired) electrons. The largest absolute Gasteiger partial charge is 0.548 e. The van der Waals surface area contributed by atoms with Crippen molar-refractivity contribution in [1.82, 2.24) is 10.6 Å². The second-order valence-electron chi connectivity index (χ2n) is 7.63. The molecular formula is C19H35N3O4S. The number of amides is 2. The Hall–Kier alpha value is -1.28. The summed E-state index contributed by atoms with van der Waals surface area (Å²) in [5.41, 5.74) is 3.91. The van der Waals surface area contributed by atoms with Gasteiger partial charge in [-0.05, 0) is 49.5 Å². The minimum absolute atomic E-state index is 0.00531. The van der Waals surface area contributed by atoms with E-state index >= 15 is 0 Å². The van der Waals surface area contributed by atoms with E-state index in [1.165, 1.54) is 0 Å². The number of quaternary nitrogens is 1. The van der Waals surface area contributed by atoms with Crippen molar-refractivity contribution in [3.63, 3.8) is 0 Å². The molecule has 0 spiro atoms. The molecule has 0 aromatic carbocycles. The van der Waals surface area contributed by atoms with Crippen LogP contribution in [0.4, 0.5) is 0 Å². The molecule has 1 saturated carbocycles. The van der Waals surface area contributed by atoms with Crippen LogP contribution in [0.2, 0.25) is 0 Å². The lowest BCUT2D eigenvalue weighted by Crippen LogP contribution is -2.67. The lowest BCUT2D eigenvalue weighted by Gasteiger charge is -2.31. The van der Waals surface area contributed by atoms with Gasteiger partial charge in [0.25, 0.3) is 5.91 Å². The zero-order chi connectivity index (χ0) is 20.4. The number of carboxylic acid groups (broad SMARTS) is 1. The highest BCUT2D eigenvalue weighted by atomic mass is 32.2. The Morgan fingerprint density at radius 2 is 1.85 bits per heavy atom. The summed E-state index contributed by atoms with van der Waals surface area (Å²) in [6.07, 6.45) is 6.58. The Morgan fingerprint density at radius 1 is 1.22 bits per heavy atom. The number of carboxylic acids is 1. The highest BCUT2D eigenvalue weighted by Gasteiger charge is 2.29. The summed E-state index contributed by atoms with van der Waals surface area (Å²) in [4.78, 5) is 35.7. The van der Waals surface area contributed by atoms with Crippen molar-refractivity contribution in [2.45, 2.75) is 64.5 Å². The highest BCUT2D eigenvalue weighted by Crippen LogP contribution is 2.28. The topological polar surface area (TPSA) is 126 Å². The van der Waals surface area contributed by atoms with Crippen molar-refractivity contribution in [2.24, 2.45) is 17.8 Å². The summed E-state index contributed by atoms with van der Waals surface area (Å²) < 4.78 is 0. The van der Waals surface area contributed by atoms with E-state index < -0.39 is 12.0 Å². The monoisotopic (exact) mass is 401 g/mol. The molecule has 3 atom stereocenters. The van der Waals surface area contributed by atoms with Gasteiger partial charge in [0.2, 0.25) is 5.91 Å². The van der Waals surface area contributed by atoms with Crippen molar-refractivity contribution in [3.05, 3.63) is 0 Å². The van der Waals surface area contributed by atoms with Crippen LogP contribution in [0.1, 0.15) is 52.4 Å². The van der Waals surface area contributed by atoms with Crippen LogP contribution < -0.4 is 21.5 Å². The average molecular weight is 402 g/mol. The second-order valence-corrected chi connectivity index (χ2v) is 8.62. The van der Waals surface area contributed by atoms with Gasteiger partial charge >= 0.3 is 0 Å². The second kappa shape index (κ2) is 12.2. The lowest BCUT2D eigenvalue weighted by molar-refractivity contribution is -0.403. The summed E-state index contributed by atoms with van der Waals surface area (Å²) in [6, 6.07) is -1.16. The predicted octanol–water partition coefficient (Wildman–Crippen LogP) is -0.447. The van der Waals surface area contributed by atoms with Gasteiger partial charge in [-0.3, -0.25) is 9.59 Å². The maximum absolute atomic E-state index is 12.4. The van der Waals surface area contributed by atoms with E-state index in [9.17, 15) is 19.5 Å². The standard InChI is InChI=1S/C19H35N3O4S/c1-4-12(2)16(19(25)26)22-17(23)14-7-5-13(6-8-14)11-21-18(24)15(20)9-10-27-3/h12-16H,4-11,20H2,1-3H3,(H,21,24)(H,22,23)(H,25,26)/t12-,13?,14?,15+,16+/m1/s1. The van der Waals surface area contributed by atoms with E-state index in [0.717, 1.165) is 25.0 Å². The molecule has 0 saturated heterocycles. The van der Waals surface area contributed by atoms with Gasteiger partial charge < -0.3 is 26.3 Å². The van der Waals surface area contributed by atoms with Crippen LogP contribution in [0.3, 0.4) is 0 Å². The molecular weight excluding hydrogens is 366 g/mol. The Kier molecular flexibility index (Phi) is 10.8. The lowest BCUT2D eigenvalue weighted by atomic mass is 9.81. The molecule has 1 fully saturated rings. The first-order valence-corrected chi connectivity index (χ1v) is 11.3. The number of carbonyl (C=O) groups is 3. The molecule has 1 aliphatic rings. The maximum atomic E-state index is 12.4. The summed E-state index contributed by atoms with van der Waals surface area (Å²) in [5.74, 6) is -0.463. The first kappa shape index (κ1) is 23.8. The van der Waals surface area contributed by atoms with E-state index in [2.05, 4.69) is 16.4 Å². The number of thioether (sulfide) groups is 1.